The van der Waals surface area contributed by atoms with Gasteiger partial charge >= 0.3 is 0 Å². The molecule has 9 heteroatoms. The lowest BCUT2D eigenvalue weighted by atomic mass is 10.1. The van der Waals surface area contributed by atoms with Crippen LogP contribution in [0.1, 0.15) is 17.1 Å². The van der Waals surface area contributed by atoms with Gasteiger partial charge in [0, 0.05) is 28.0 Å². The standard InChI is InChI=1S/C18H15ClN6O2/c1-8-14-15(22-9(2)23-17(14)27)25-18(21-8)20-7-11-5-10-6-12(19)3-4-13(10)24-16(11)26/h3-6H,7H2,1-2H3,(H,24,26)(H2,20,21,22,23,25,27). The van der Waals surface area contributed by atoms with E-state index in [-0.39, 0.29) is 17.7 Å². The quantitative estimate of drug-likeness (QED) is 0.501. The molecule has 0 radical (unpaired) electrons. The molecule has 0 atom stereocenters. The fourth-order valence-electron chi connectivity index (χ4n) is 2.93. The molecule has 0 spiro atoms. The Balaban J connectivity index is 1.69. The summed E-state index contributed by atoms with van der Waals surface area (Å²) in [4.78, 5) is 42.6. The van der Waals surface area contributed by atoms with Crippen LogP contribution in [-0.2, 0) is 6.54 Å². The maximum absolute atomic E-state index is 12.3. The van der Waals surface area contributed by atoms with Gasteiger partial charge in [0.1, 0.15) is 11.2 Å². The average Bonchev–Trinajstić information content (AvgIpc) is 2.59. The molecular formula is C18H15ClN6O2. The third-order valence-corrected chi connectivity index (χ3v) is 4.42. The van der Waals surface area contributed by atoms with Gasteiger partial charge in [-0.3, -0.25) is 9.59 Å². The van der Waals surface area contributed by atoms with E-state index in [9.17, 15) is 9.59 Å². The third-order valence-electron chi connectivity index (χ3n) is 4.19. The van der Waals surface area contributed by atoms with E-state index in [4.69, 9.17) is 11.6 Å². The van der Waals surface area contributed by atoms with Gasteiger partial charge in [-0.25, -0.2) is 9.97 Å². The molecule has 8 nitrogen and oxygen atoms in total. The highest BCUT2D eigenvalue weighted by molar-refractivity contribution is 6.31. The van der Waals surface area contributed by atoms with E-state index in [1.54, 1.807) is 38.1 Å². The molecule has 4 aromatic rings. The second-order valence-corrected chi connectivity index (χ2v) is 6.63. The Morgan fingerprint density at radius 3 is 2.67 bits per heavy atom. The topological polar surface area (TPSA) is 116 Å². The normalized spacial score (nSPS) is 11.2. The number of hydrogen-bond acceptors (Lipinski definition) is 6. The van der Waals surface area contributed by atoms with Crippen molar-refractivity contribution in [1.82, 2.24) is 24.9 Å². The fourth-order valence-corrected chi connectivity index (χ4v) is 3.11. The molecule has 0 saturated heterocycles. The zero-order valence-electron chi connectivity index (χ0n) is 14.6. The van der Waals surface area contributed by atoms with Gasteiger partial charge < -0.3 is 15.3 Å². The second-order valence-electron chi connectivity index (χ2n) is 6.19. The number of fused-ring (bicyclic) bond motifs is 2. The first kappa shape index (κ1) is 17.2. The zero-order valence-corrected chi connectivity index (χ0v) is 15.3. The van der Waals surface area contributed by atoms with E-state index in [0.29, 0.717) is 44.6 Å². The summed E-state index contributed by atoms with van der Waals surface area (Å²) in [5.41, 5.74) is 1.57. The largest absolute Gasteiger partial charge is 0.350 e. The number of aromatic amines is 2. The molecule has 1 aromatic carbocycles. The Labute approximate surface area is 157 Å². The number of halogens is 1. The Kier molecular flexibility index (Phi) is 4.12. The van der Waals surface area contributed by atoms with Gasteiger partial charge in [0.05, 0.1) is 5.69 Å². The third kappa shape index (κ3) is 3.26. The van der Waals surface area contributed by atoms with Gasteiger partial charge in [-0.1, -0.05) is 11.6 Å². The van der Waals surface area contributed by atoms with E-state index in [1.165, 1.54) is 0 Å². The van der Waals surface area contributed by atoms with Gasteiger partial charge in [-0.2, -0.15) is 4.98 Å². The number of aryl methyl sites for hydroxylation is 2. The predicted octanol–water partition coefficient (Wildman–Crippen LogP) is 2.44. The van der Waals surface area contributed by atoms with Crippen LogP contribution in [-0.4, -0.2) is 24.9 Å². The first-order valence-electron chi connectivity index (χ1n) is 8.21. The molecular weight excluding hydrogens is 368 g/mol. The molecule has 0 aliphatic heterocycles. The maximum Gasteiger partial charge on any atom is 0.262 e. The first-order chi connectivity index (χ1) is 12.9. The molecule has 3 heterocycles. The molecule has 4 rings (SSSR count). The molecule has 0 fully saturated rings. The minimum absolute atomic E-state index is 0.208. The number of anilines is 1. The highest BCUT2D eigenvalue weighted by atomic mass is 35.5. The minimum Gasteiger partial charge on any atom is -0.350 e. The summed E-state index contributed by atoms with van der Waals surface area (Å²) in [6, 6.07) is 7.04. The second kappa shape index (κ2) is 6.48. The predicted molar refractivity (Wildman–Crippen MR) is 104 cm³/mol. The maximum atomic E-state index is 12.3. The SMILES string of the molecule is Cc1nc2nc(NCc3cc4cc(Cl)ccc4[nH]c3=O)nc(C)c2c(=O)[nH]1. The number of benzene rings is 1. The molecule has 3 aromatic heterocycles. The van der Waals surface area contributed by atoms with Crippen molar-refractivity contribution in [2.24, 2.45) is 0 Å². The first-order valence-corrected chi connectivity index (χ1v) is 8.59. The number of nitrogens with zero attached hydrogens (tertiary/aromatic N) is 3. The molecule has 0 aliphatic rings. The van der Waals surface area contributed by atoms with E-state index < -0.39 is 0 Å². The van der Waals surface area contributed by atoms with Crippen LogP contribution in [0.5, 0.6) is 0 Å². The molecule has 0 unspecified atom stereocenters. The monoisotopic (exact) mass is 382 g/mol. The molecule has 0 bridgehead atoms. The zero-order chi connectivity index (χ0) is 19.1. The van der Waals surface area contributed by atoms with Gasteiger partial charge in [0.2, 0.25) is 5.95 Å². The number of H-pyrrole nitrogens is 2. The van der Waals surface area contributed by atoms with E-state index in [0.717, 1.165) is 5.39 Å². The fraction of sp³-hybridized carbons (Fsp3) is 0.167. The van der Waals surface area contributed by atoms with Crippen LogP contribution in [0.3, 0.4) is 0 Å². The van der Waals surface area contributed by atoms with Crippen LogP contribution in [0.15, 0.2) is 33.9 Å². The van der Waals surface area contributed by atoms with Crippen molar-refractivity contribution in [3.8, 4) is 0 Å². The minimum atomic E-state index is -0.274. The van der Waals surface area contributed by atoms with Crippen LogP contribution >= 0.6 is 11.6 Å². The van der Waals surface area contributed by atoms with Crippen LogP contribution in [0.2, 0.25) is 5.02 Å². The molecule has 0 amide bonds. The lowest BCUT2D eigenvalue weighted by molar-refractivity contribution is 0.993. The van der Waals surface area contributed by atoms with E-state index in [1.807, 2.05) is 0 Å². The van der Waals surface area contributed by atoms with Gasteiger partial charge in [-0.15, -0.1) is 0 Å². The average molecular weight is 383 g/mol. The molecule has 3 N–H and O–H groups in total. The van der Waals surface area contributed by atoms with Crippen molar-refractivity contribution in [2.45, 2.75) is 20.4 Å². The van der Waals surface area contributed by atoms with Gasteiger partial charge in [-0.05, 0) is 38.1 Å². The van der Waals surface area contributed by atoms with Crippen molar-refractivity contribution in [1.29, 1.82) is 0 Å². The summed E-state index contributed by atoms with van der Waals surface area (Å²) in [6.45, 7) is 3.61. The van der Waals surface area contributed by atoms with Crippen LogP contribution in [0, 0.1) is 13.8 Å². The molecule has 136 valence electrons. The number of rotatable bonds is 3. The smallest absolute Gasteiger partial charge is 0.262 e. The van der Waals surface area contributed by atoms with Crippen LogP contribution in [0.4, 0.5) is 5.95 Å². The van der Waals surface area contributed by atoms with E-state index in [2.05, 4.69) is 30.2 Å². The Hall–Kier alpha value is -3.26. The Morgan fingerprint density at radius 2 is 1.85 bits per heavy atom. The van der Waals surface area contributed by atoms with Gasteiger partial charge in [0.25, 0.3) is 11.1 Å². The number of aromatic nitrogens is 5. The summed E-state index contributed by atoms with van der Waals surface area (Å²) >= 11 is 6.02. The highest BCUT2D eigenvalue weighted by Crippen LogP contribution is 2.18. The highest BCUT2D eigenvalue weighted by Gasteiger charge is 2.11. The molecule has 0 aliphatic carbocycles. The summed E-state index contributed by atoms with van der Waals surface area (Å²) in [6.07, 6.45) is 0. The summed E-state index contributed by atoms with van der Waals surface area (Å²) < 4.78 is 0. The van der Waals surface area contributed by atoms with Crippen molar-refractivity contribution in [3.63, 3.8) is 0 Å². The Bertz CT molecular complexity index is 1310. The Morgan fingerprint density at radius 1 is 1.04 bits per heavy atom. The van der Waals surface area contributed by atoms with Crippen molar-refractivity contribution < 1.29 is 0 Å². The van der Waals surface area contributed by atoms with E-state index >= 15 is 0 Å². The summed E-state index contributed by atoms with van der Waals surface area (Å²) in [5, 5.41) is 4.80. The lowest BCUT2D eigenvalue weighted by Gasteiger charge is -2.08. The van der Waals surface area contributed by atoms with Crippen molar-refractivity contribution >= 4 is 39.5 Å². The lowest BCUT2D eigenvalue weighted by Crippen LogP contribution is -2.18. The summed E-state index contributed by atoms with van der Waals surface area (Å²) in [5.74, 6) is 0.766. The van der Waals surface area contributed by atoms with Crippen molar-refractivity contribution in [2.75, 3.05) is 5.32 Å². The van der Waals surface area contributed by atoms with Crippen LogP contribution in [0.25, 0.3) is 21.9 Å². The number of pyridine rings is 1. The number of hydrogen-bond donors (Lipinski definition) is 3. The molecule has 27 heavy (non-hydrogen) atoms. The van der Waals surface area contributed by atoms with Crippen LogP contribution < -0.4 is 16.4 Å². The molecule has 0 saturated carbocycles. The number of nitrogens with one attached hydrogen (secondary N) is 3. The summed E-state index contributed by atoms with van der Waals surface area (Å²) in [7, 11) is 0. The van der Waals surface area contributed by atoms with Gasteiger partial charge in [0.15, 0.2) is 5.65 Å². The van der Waals surface area contributed by atoms with Crippen molar-refractivity contribution in [3.05, 3.63) is 67.1 Å².